The number of hydrogen-bond acceptors (Lipinski definition) is 2. The van der Waals surface area contributed by atoms with Gasteiger partial charge in [0.05, 0.1) is 6.61 Å². The molecule has 0 atom stereocenters. The van der Waals surface area contributed by atoms with Gasteiger partial charge >= 0.3 is 0 Å². The lowest BCUT2D eigenvalue weighted by Gasteiger charge is -1.94. The number of rotatable bonds is 1. The molecule has 1 heterocycles. The van der Waals surface area contributed by atoms with Crippen LogP contribution in [0.3, 0.4) is 0 Å². The van der Waals surface area contributed by atoms with Crippen LogP contribution in [0.5, 0.6) is 0 Å². The van der Waals surface area contributed by atoms with Crippen molar-refractivity contribution in [3.8, 4) is 0 Å². The SMILES string of the molecule is Cc1cc(CO)ccn1.Cl. The molecule has 0 spiro atoms. The van der Waals surface area contributed by atoms with Crippen molar-refractivity contribution in [1.82, 2.24) is 4.98 Å². The average molecular weight is 160 g/mol. The highest BCUT2D eigenvalue weighted by Crippen LogP contribution is 1.98. The Kier molecular flexibility index (Phi) is 4.00. The minimum atomic E-state index is 0. The summed E-state index contributed by atoms with van der Waals surface area (Å²) in [5, 5.41) is 8.63. The Morgan fingerprint density at radius 2 is 2.30 bits per heavy atom. The number of aromatic nitrogens is 1. The highest BCUT2D eigenvalue weighted by atomic mass is 35.5. The van der Waals surface area contributed by atoms with Crippen LogP contribution >= 0.6 is 12.4 Å². The van der Waals surface area contributed by atoms with Gasteiger partial charge < -0.3 is 5.11 Å². The molecule has 2 nitrogen and oxygen atoms in total. The molecular formula is C7H10ClNO. The maximum atomic E-state index is 8.63. The molecule has 3 heteroatoms. The first-order valence-electron chi connectivity index (χ1n) is 2.85. The Hall–Kier alpha value is -0.600. The normalized spacial score (nSPS) is 8.60. The summed E-state index contributed by atoms with van der Waals surface area (Å²) >= 11 is 0. The van der Waals surface area contributed by atoms with Crippen LogP contribution in [0, 0.1) is 6.92 Å². The quantitative estimate of drug-likeness (QED) is 0.670. The molecule has 1 aromatic rings. The van der Waals surface area contributed by atoms with Gasteiger partial charge in [-0.2, -0.15) is 0 Å². The minimum absolute atomic E-state index is 0. The Bertz CT molecular complexity index is 203. The van der Waals surface area contributed by atoms with E-state index in [1.165, 1.54) is 0 Å². The summed E-state index contributed by atoms with van der Waals surface area (Å²) in [5.74, 6) is 0. The molecule has 0 bridgehead atoms. The number of aliphatic hydroxyl groups is 1. The Morgan fingerprint density at radius 3 is 2.70 bits per heavy atom. The second-order valence-corrected chi connectivity index (χ2v) is 1.96. The topological polar surface area (TPSA) is 33.1 Å². The van der Waals surface area contributed by atoms with Gasteiger partial charge in [-0.25, -0.2) is 0 Å². The monoisotopic (exact) mass is 159 g/mol. The van der Waals surface area contributed by atoms with Crippen LogP contribution in [-0.2, 0) is 6.61 Å². The number of nitrogens with zero attached hydrogens (tertiary/aromatic N) is 1. The van der Waals surface area contributed by atoms with E-state index < -0.39 is 0 Å². The summed E-state index contributed by atoms with van der Waals surface area (Å²) in [4.78, 5) is 3.98. The first-order valence-corrected chi connectivity index (χ1v) is 2.85. The van der Waals surface area contributed by atoms with Crippen molar-refractivity contribution in [3.05, 3.63) is 29.6 Å². The smallest absolute Gasteiger partial charge is 0.0683 e. The number of pyridine rings is 1. The summed E-state index contributed by atoms with van der Waals surface area (Å²) in [5.41, 5.74) is 1.86. The molecule has 1 N–H and O–H groups in total. The standard InChI is InChI=1S/C7H9NO.ClH/c1-6-4-7(5-9)2-3-8-6;/h2-4,9H,5H2,1H3;1H. The number of aliphatic hydroxyl groups excluding tert-OH is 1. The van der Waals surface area contributed by atoms with Crippen LogP contribution in [0.4, 0.5) is 0 Å². The van der Waals surface area contributed by atoms with E-state index in [4.69, 9.17) is 5.11 Å². The number of halogens is 1. The fraction of sp³-hybridized carbons (Fsp3) is 0.286. The third-order valence-electron chi connectivity index (χ3n) is 1.14. The van der Waals surface area contributed by atoms with E-state index in [2.05, 4.69) is 4.98 Å². The van der Waals surface area contributed by atoms with Crippen LogP contribution in [0.25, 0.3) is 0 Å². The molecular weight excluding hydrogens is 150 g/mol. The van der Waals surface area contributed by atoms with Crippen molar-refractivity contribution >= 4 is 12.4 Å². The fourth-order valence-corrected chi connectivity index (χ4v) is 0.703. The van der Waals surface area contributed by atoms with E-state index in [0.29, 0.717) is 0 Å². The molecule has 0 fully saturated rings. The van der Waals surface area contributed by atoms with Crippen molar-refractivity contribution in [2.24, 2.45) is 0 Å². The summed E-state index contributed by atoms with van der Waals surface area (Å²) in [6.45, 7) is 2.00. The van der Waals surface area contributed by atoms with Crippen LogP contribution < -0.4 is 0 Å². The van der Waals surface area contributed by atoms with Crippen molar-refractivity contribution in [3.63, 3.8) is 0 Å². The first kappa shape index (κ1) is 9.40. The van der Waals surface area contributed by atoms with Gasteiger partial charge in [-0.15, -0.1) is 12.4 Å². The lowest BCUT2D eigenvalue weighted by Crippen LogP contribution is -1.85. The second kappa shape index (κ2) is 4.25. The van der Waals surface area contributed by atoms with Crippen LogP contribution in [0.2, 0.25) is 0 Å². The summed E-state index contributed by atoms with van der Waals surface area (Å²) in [7, 11) is 0. The van der Waals surface area contributed by atoms with Crippen molar-refractivity contribution in [1.29, 1.82) is 0 Å². The van der Waals surface area contributed by atoms with E-state index in [0.717, 1.165) is 11.3 Å². The Balaban J connectivity index is 0.000000810. The van der Waals surface area contributed by atoms with Crippen molar-refractivity contribution < 1.29 is 5.11 Å². The van der Waals surface area contributed by atoms with E-state index in [1.54, 1.807) is 12.3 Å². The van der Waals surface area contributed by atoms with E-state index in [9.17, 15) is 0 Å². The maximum Gasteiger partial charge on any atom is 0.0683 e. The van der Waals surface area contributed by atoms with Gasteiger partial charge in [-0.05, 0) is 24.6 Å². The van der Waals surface area contributed by atoms with Gasteiger partial charge in [0.2, 0.25) is 0 Å². The molecule has 0 aliphatic heterocycles. The van der Waals surface area contributed by atoms with Gasteiger partial charge in [0.25, 0.3) is 0 Å². The predicted octanol–water partition coefficient (Wildman–Crippen LogP) is 1.30. The van der Waals surface area contributed by atoms with Gasteiger partial charge in [0.1, 0.15) is 0 Å². The van der Waals surface area contributed by atoms with E-state index in [1.807, 2.05) is 13.0 Å². The molecule has 1 rings (SSSR count). The summed E-state index contributed by atoms with van der Waals surface area (Å²) in [6.07, 6.45) is 1.70. The lowest BCUT2D eigenvalue weighted by atomic mass is 10.2. The zero-order chi connectivity index (χ0) is 6.69. The predicted molar refractivity (Wildman–Crippen MR) is 42.1 cm³/mol. The van der Waals surface area contributed by atoms with Gasteiger partial charge in [0, 0.05) is 11.9 Å². The first-order chi connectivity index (χ1) is 4.33. The van der Waals surface area contributed by atoms with Crippen LogP contribution in [0.1, 0.15) is 11.3 Å². The zero-order valence-corrected chi connectivity index (χ0v) is 6.56. The molecule has 10 heavy (non-hydrogen) atoms. The number of aryl methyl sites for hydroxylation is 1. The average Bonchev–Trinajstić information content (AvgIpc) is 1.88. The number of hydrogen-bond donors (Lipinski definition) is 1. The molecule has 0 unspecified atom stereocenters. The lowest BCUT2D eigenvalue weighted by molar-refractivity contribution is 0.281. The van der Waals surface area contributed by atoms with Crippen LogP contribution in [-0.4, -0.2) is 10.1 Å². The molecule has 0 saturated carbocycles. The van der Waals surface area contributed by atoms with Gasteiger partial charge in [-0.3, -0.25) is 4.98 Å². The summed E-state index contributed by atoms with van der Waals surface area (Å²) < 4.78 is 0. The molecule has 0 saturated heterocycles. The molecule has 56 valence electrons. The molecule has 1 aromatic heterocycles. The van der Waals surface area contributed by atoms with Gasteiger partial charge in [0.15, 0.2) is 0 Å². The third kappa shape index (κ3) is 2.33. The summed E-state index contributed by atoms with van der Waals surface area (Å²) in [6, 6.07) is 3.66. The minimum Gasteiger partial charge on any atom is -0.392 e. The zero-order valence-electron chi connectivity index (χ0n) is 5.74. The molecule has 0 aliphatic carbocycles. The highest BCUT2D eigenvalue weighted by Gasteiger charge is 1.87. The van der Waals surface area contributed by atoms with Crippen molar-refractivity contribution in [2.45, 2.75) is 13.5 Å². The molecule has 0 aliphatic rings. The Labute approximate surface area is 66.3 Å². The fourth-order valence-electron chi connectivity index (χ4n) is 0.703. The van der Waals surface area contributed by atoms with E-state index >= 15 is 0 Å². The molecule has 0 amide bonds. The highest BCUT2D eigenvalue weighted by molar-refractivity contribution is 5.85. The van der Waals surface area contributed by atoms with Gasteiger partial charge in [-0.1, -0.05) is 0 Å². The van der Waals surface area contributed by atoms with Crippen molar-refractivity contribution in [2.75, 3.05) is 0 Å². The van der Waals surface area contributed by atoms with Crippen LogP contribution in [0.15, 0.2) is 18.3 Å². The van der Waals surface area contributed by atoms with E-state index in [-0.39, 0.29) is 19.0 Å². The Morgan fingerprint density at radius 1 is 1.60 bits per heavy atom. The second-order valence-electron chi connectivity index (χ2n) is 1.96. The largest absolute Gasteiger partial charge is 0.392 e. The molecule has 0 aromatic carbocycles. The maximum absolute atomic E-state index is 8.63. The third-order valence-corrected chi connectivity index (χ3v) is 1.14. The molecule has 0 radical (unpaired) electrons.